The lowest BCUT2D eigenvalue weighted by molar-refractivity contribution is -0.137. The molecule has 0 aliphatic rings. The second-order valence-electron chi connectivity index (χ2n) is 6.82. The third-order valence-corrected chi connectivity index (χ3v) is 3.55. The Morgan fingerprint density at radius 2 is 1.87 bits per heavy atom. The number of carbonyl (C=O) groups is 2. The summed E-state index contributed by atoms with van der Waals surface area (Å²) < 4.78 is 5.69. The minimum absolute atomic E-state index is 0.129. The van der Waals surface area contributed by atoms with E-state index in [2.05, 4.69) is 5.32 Å². The van der Waals surface area contributed by atoms with Crippen LogP contribution in [-0.4, -0.2) is 43.0 Å². The summed E-state index contributed by atoms with van der Waals surface area (Å²) in [6.45, 7) is 10.0. The Labute approximate surface area is 139 Å². The van der Waals surface area contributed by atoms with Gasteiger partial charge in [-0.15, -0.1) is 0 Å². The van der Waals surface area contributed by atoms with E-state index in [1.807, 2.05) is 52.0 Å². The van der Waals surface area contributed by atoms with Gasteiger partial charge in [0.15, 0.2) is 0 Å². The summed E-state index contributed by atoms with van der Waals surface area (Å²) in [6, 6.07) is 7.21. The molecule has 0 saturated carbocycles. The van der Waals surface area contributed by atoms with Crippen LogP contribution in [0.1, 0.15) is 33.3 Å². The van der Waals surface area contributed by atoms with E-state index in [4.69, 9.17) is 4.74 Å². The van der Waals surface area contributed by atoms with E-state index in [0.717, 1.165) is 11.3 Å². The molecule has 0 heterocycles. The molecule has 1 rings (SSSR count). The Morgan fingerprint density at radius 3 is 2.43 bits per heavy atom. The van der Waals surface area contributed by atoms with E-state index >= 15 is 0 Å². The first-order valence-corrected chi connectivity index (χ1v) is 7.87. The van der Waals surface area contributed by atoms with Crippen molar-refractivity contribution in [1.82, 2.24) is 10.2 Å². The summed E-state index contributed by atoms with van der Waals surface area (Å²) in [6.07, 6.45) is 0. The maximum Gasteiger partial charge on any atom is 0.244 e. The molecule has 0 aliphatic heterocycles. The van der Waals surface area contributed by atoms with Crippen molar-refractivity contribution in [3.05, 3.63) is 29.8 Å². The molecule has 1 N–H and O–H groups in total. The number of hydrogen-bond donors (Lipinski definition) is 1. The SMILES string of the molecule is Cc1ccccc1OCCN(C)C(=O)C(C)NC(=O)C(C)(C)C. The molecule has 0 radical (unpaired) electrons. The number of amides is 2. The number of para-hydroxylation sites is 1. The van der Waals surface area contributed by atoms with Crippen molar-refractivity contribution in [2.45, 2.75) is 40.7 Å². The fourth-order valence-electron chi connectivity index (χ4n) is 1.93. The van der Waals surface area contributed by atoms with Gasteiger partial charge < -0.3 is 15.0 Å². The van der Waals surface area contributed by atoms with Gasteiger partial charge in [-0.2, -0.15) is 0 Å². The van der Waals surface area contributed by atoms with Crippen molar-refractivity contribution in [2.24, 2.45) is 5.41 Å². The fraction of sp³-hybridized carbons (Fsp3) is 0.556. The Bertz CT molecular complexity index is 549. The lowest BCUT2D eigenvalue weighted by Gasteiger charge is -2.25. The normalized spacial score (nSPS) is 12.4. The first-order valence-electron chi connectivity index (χ1n) is 7.87. The number of benzene rings is 1. The third kappa shape index (κ3) is 5.93. The number of rotatable bonds is 6. The van der Waals surface area contributed by atoms with Crippen LogP contribution in [0.4, 0.5) is 0 Å². The molecule has 23 heavy (non-hydrogen) atoms. The van der Waals surface area contributed by atoms with Crippen LogP contribution in [0.15, 0.2) is 24.3 Å². The first kappa shape index (κ1) is 19.0. The highest BCUT2D eigenvalue weighted by Crippen LogP contribution is 2.16. The molecule has 5 nitrogen and oxygen atoms in total. The second-order valence-corrected chi connectivity index (χ2v) is 6.82. The Hall–Kier alpha value is -2.04. The van der Waals surface area contributed by atoms with Crippen LogP contribution in [0.2, 0.25) is 0 Å². The average Bonchev–Trinajstić information content (AvgIpc) is 2.47. The largest absolute Gasteiger partial charge is 0.491 e. The smallest absolute Gasteiger partial charge is 0.244 e. The van der Waals surface area contributed by atoms with Gasteiger partial charge in [-0.25, -0.2) is 0 Å². The minimum Gasteiger partial charge on any atom is -0.491 e. The van der Waals surface area contributed by atoms with E-state index in [-0.39, 0.29) is 11.8 Å². The maximum absolute atomic E-state index is 12.3. The average molecular weight is 320 g/mol. The standard InChI is InChI=1S/C18H28N2O3/c1-13-9-7-8-10-15(13)23-12-11-20(6)16(21)14(2)19-17(22)18(3,4)5/h7-10,14H,11-12H2,1-6H3,(H,19,22). The Kier molecular flexibility index (Phi) is 6.61. The van der Waals surface area contributed by atoms with Crippen molar-refractivity contribution in [3.63, 3.8) is 0 Å². The number of aryl methyl sites for hydroxylation is 1. The molecule has 128 valence electrons. The van der Waals surface area contributed by atoms with Crippen molar-refractivity contribution in [3.8, 4) is 5.75 Å². The van der Waals surface area contributed by atoms with E-state index < -0.39 is 11.5 Å². The van der Waals surface area contributed by atoms with Crippen LogP contribution in [-0.2, 0) is 9.59 Å². The zero-order valence-corrected chi connectivity index (χ0v) is 15.0. The molecular formula is C18H28N2O3. The molecule has 1 unspecified atom stereocenters. The Morgan fingerprint density at radius 1 is 1.26 bits per heavy atom. The number of nitrogens with zero attached hydrogens (tertiary/aromatic N) is 1. The van der Waals surface area contributed by atoms with Crippen LogP contribution >= 0.6 is 0 Å². The minimum atomic E-state index is -0.551. The molecule has 5 heteroatoms. The summed E-state index contributed by atoms with van der Waals surface area (Å²) in [5, 5.41) is 2.75. The van der Waals surface area contributed by atoms with Gasteiger partial charge in [0.2, 0.25) is 11.8 Å². The predicted octanol–water partition coefficient (Wildman–Crippen LogP) is 2.38. The van der Waals surface area contributed by atoms with E-state index in [1.165, 1.54) is 0 Å². The van der Waals surface area contributed by atoms with Gasteiger partial charge in [-0.05, 0) is 25.5 Å². The molecule has 1 aromatic rings. The lowest BCUT2D eigenvalue weighted by atomic mass is 9.95. The van der Waals surface area contributed by atoms with Crippen LogP contribution in [0.25, 0.3) is 0 Å². The first-order chi connectivity index (χ1) is 10.6. The van der Waals surface area contributed by atoms with Crippen LogP contribution < -0.4 is 10.1 Å². The second kappa shape index (κ2) is 7.99. The van der Waals surface area contributed by atoms with E-state index in [9.17, 15) is 9.59 Å². The summed E-state index contributed by atoms with van der Waals surface area (Å²) in [5.41, 5.74) is 0.549. The van der Waals surface area contributed by atoms with E-state index in [1.54, 1.807) is 18.9 Å². The number of hydrogen-bond acceptors (Lipinski definition) is 3. The third-order valence-electron chi connectivity index (χ3n) is 3.55. The molecule has 0 spiro atoms. The van der Waals surface area contributed by atoms with Gasteiger partial charge in [0.1, 0.15) is 18.4 Å². The van der Waals surface area contributed by atoms with Gasteiger partial charge in [0.25, 0.3) is 0 Å². The highest BCUT2D eigenvalue weighted by molar-refractivity contribution is 5.89. The van der Waals surface area contributed by atoms with Crippen molar-refractivity contribution in [1.29, 1.82) is 0 Å². The zero-order chi connectivity index (χ0) is 17.6. The quantitative estimate of drug-likeness (QED) is 0.875. The number of nitrogens with one attached hydrogen (secondary N) is 1. The number of carbonyl (C=O) groups excluding carboxylic acids is 2. The van der Waals surface area contributed by atoms with E-state index in [0.29, 0.717) is 13.2 Å². The van der Waals surface area contributed by atoms with Crippen LogP contribution in [0.5, 0.6) is 5.75 Å². The molecule has 1 aromatic carbocycles. The predicted molar refractivity (Wildman–Crippen MR) is 91.4 cm³/mol. The Balaban J connectivity index is 2.45. The highest BCUT2D eigenvalue weighted by Gasteiger charge is 2.26. The van der Waals surface area contributed by atoms with Crippen molar-refractivity contribution in [2.75, 3.05) is 20.2 Å². The molecule has 0 aromatic heterocycles. The number of likely N-dealkylation sites (N-methyl/N-ethyl adjacent to an activating group) is 1. The van der Waals surface area contributed by atoms with Gasteiger partial charge >= 0.3 is 0 Å². The van der Waals surface area contributed by atoms with Crippen molar-refractivity contribution < 1.29 is 14.3 Å². The van der Waals surface area contributed by atoms with Gasteiger partial charge in [-0.3, -0.25) is 9.59 Å². The molecule has 1 atom stereocenters. The monoisotopic (exact) mass is 320 g/mol. The molecule has 0 saturated heterocycles. The lowest BCUT2D eigenvalue weighted by Crippen LogP contribution is -2.49. The fourth-order valence-corrected chi connectivity index (χ4v) is 1.93. The molecule has 0 fully saturated rings. The summed E-state index contributed by atoms with van der Waals surface area (Å²) in [4.78, 5) is 25.8. The zero-order valence-electron chi connectivity index (χ0n) is 15.0. The molecule has 0 bridgehead atoms. The number of ether oxygens (including phenoxy) is 1. The topological polar surface area (TPSA) is 58.6 Å². The summed E-state index contributed by atoms with van der Waals surface area (Å²) >= 11 is 0. The van der Waals surface area contributed by atoms with Crippen LogP contribution in [0.3, 0.4) is 0 Å². The molecule has 2 amide bonds. The van der Waals surface area contributed by atoms with Crippen molar-refractivity contribution >= 4 is 11.8 Å². The van der Waals surface area contributed by atoms with Gasteiger partial charge in [0.05, 0.1) is 6.54 Å². The van der Waals surface area contributed by atoms with Gasteiger partial charge in [-0.1, -0.05) is 39.0 Å². The molecule has 0 aliphatic carbocycles. The van der Waals surface area contributed by atoms with Gasteiger partial charge in [0, 0.05) is 12.5 Å². The maximum atomic E-state index is 12.3. The highest BCUT2D eigenvalue weighted by atomic mass is 16.5. The summed E-state index contributed by atoms with van der Waals surface area (Å²) in [5.74, 6) is 0.557. The molecular weight excluding hydrogens is 292 g/mol. The summed E-state index contributed by atoms with van der Waals surface area (Å²) in [7, 11) is 1.71. The van der Waals surface area contributed by atoms with Crippen LogP contribution in [0, 0.1) is 12.3 Å².